The summed E-state index contributed by atoms with van der Waals surface area (Å²) in [5.74, 6) is 1.34. The van der Waals surface area contributed by atoms with Crippen molar-refractivity contribution in [2.75, 3.05) is 23.7 Å². The van der Waals surface area contributed by atoms with Gasteiger partial charge >= 0.3 is 6.03 Å². The lowest BCUT2D eigenvalue weighted by molar-refractivity contribution is 0.252. The highest BCUT2D eigenvalue weighted by atomic mass is 16.2. The highest BCUT2D eigenvalue weighted by Crippen LogP contribution is 2.18. The molecule has 146 valence electrons. The van der Waals surface area contributed by atoms with Crippen LogP contribution in [0.2, 0.25) is 0 Å². The SMILES string of the molecule is Cc1ccn(-c2cc(NCCNC(=O)Nc3ccc4ccccc4c3)ncn2)n1. The summed E-state index contributed by atoms with van der Waals surface area (Å²) in [6.45, 7) is 2.89. The van der Waals surface area contributed by atoms with E-state index in [0.717, 1.165) is 22.2 Å². The van der Waals surface area contributed by atoms with Gasteiger partial charge in [0.05, 0.1) is 5.69 Å². The first-order valence-electron chi connectivity index (χ1n) is 9.29. The van der Waals surface area contributed by atoms with Gasteiger partial charge in [-0.3, -0.25) is 0 Å². The second-order valence-electron chi connectivity index (χ2n) is 6.53. The van der Waals surface area contributed by atoms with Gasteiger partial charge in [-0.2, -0.15) is 5.10 Å². The summed E-state index contributed by atoms with van der Waals surface area (Å²) in [7, 11) is 0. The molecule has 0 radical (unpaired) electrons. The summed E-state index contributed by atoms with van der Waals surface area (Å²) in [6, 6.07) is 17.3. The Balaban J connectivity index is 1.26. The number of carbonyl (C=O) groups excluding carboxylic acids is 1. The Morgan fingerprint density at radius 2 is 1.86 bits per heavy atom. The topological polar surface area (TPSA) is 96.8 Å². The Bertz CT molecular complexity index is 1140. The maximum Gasteiger partial charge on any atom is 0.319 e. The van der Waals surface area contributed by atoms with Crippen LogP contribution in [0.3, 0.4) is 0 Å². The van der Waals surface area contributed by atoms with Gasteiger partial charge in [0.1, 0.15) is 12.1 Å². The number of benzene rings is 2. The molecule has 3 N–H and O–H groups in total. The van der Waals surface area contributed by atoms with Crippen LogP contribution >= 0.6 is 0 Å². The van der Waals surface area contributed by atoms with Crippen molar-refractivity contribution in [2.24, 2.45) is 0 Å². The Labute approximate surface area is 168 Å². The molecular formula is C21H21N7O. The van der Waals surface area contributed by atoms with Crippen molar-refractivity contribution in [3.05, 3.63) is 72.8 Å². The zero-order chi connectivity index (χ0) is 20.1. The van der Waals surface area contributed by atoms with Crippen LogP contribution in [-0.2, 0) is 0 Å². The minimum Gasteiger partial charge on any atom is -0.368 e. The summed E-state index contributed by atoms with van der Waals surface area (Å²) in [5.41, 5.74) is 1.67. The molecular weight excluding hydrogens is 366 g/mol. The van der Waals surface area contributed by atoms with Crippen molar-refractivity contribution in [2.45, 2.75) is 6.92 Å². The quantitative estimate of drug-likeness (QED) is 0.441. The molecule has 8 heteroatoms. The Morgan fingerprint density at radius 3 is 2.69 bits per heavy atom. The summed E-state index contributed by atoms with van der Waals surface area (Å²) in [4.78, 5) is 20.5. The van der Waals surface area contributed by atoms with E-state index in [-0.39, 0.29) is 6.03 Å². The zero-order valence-corrected chi connectivity index (χ0v) is 16.0. The van der Waals surface area contributed by atoms with E-state index in [2.05, 4.69) is 31.0 Å². The maximum absolute atomic E-state index is 12.1. The Morgan fingerprint density at radius 1 is 1.00 bits per heavy atom. The molecule has 2 aromatic carbocycles. The lowest BCUT2D eigenvalue weighted by atomic mass is 10.1. The first kappa shape index (κ1) is 18.4. The van der Waals surface area contributed by atoms with Gasteiger partial charge in [0.2, 0.25) is 0 Å². The number of aromatic nitrogens is 4. The molecule has 0 fully saturated rings. The fraction of sp³-hybridized carbons (Fsp3) is 0.143. The van der Waals surface area contributed by atoms with Crippen LogP contribution < -0.4 is 16.0 Å². The monoisotopic (exact) mass is 387 g/mol. The van der Waals surface area contributed by atoms with E-state index in [1.54, 1.807) is 4.68 Å². The predicted molar refractivity (Wildman–Crippen MR) is 113 cm³/mol. The molecule has 0 saturated carbocycles. The van der Waals surface area contributed by atoms with Gasteiger partial charge in [-0.25, -0.2) is 19.4 Å². The third kappa shape index (κ3) is 4.67. The van der Waals surface area contributed by atoms with Crippen molar-refractivity contribution in [3.63, 3.8) is 0 Å². The molecule has 29 heavy (non-hydrogen) atoms. The first-order chi connectivity index (χ1) is 14.2. The fourth-order valence-electron chi connectivity index (χ4n) is 2.92. The van der Waals surface area contributed by atoms with Gasteiger partial charge < -0.3 is 16.0 Å². The molecule has 0 spiro atoms. The normalized spacial score (nSPS) is 10.7. The van der Waals surface area contributed by atoms with Crippen LogP contribution in [0.5, 0.6) is 0 Å². The molecule has 0 aliphatic rings. The molecule has 0 unspecified atom stereocenters. The third-order valence-electron chi connectivity index (χ3n) is 4.33. The van der Waals surface area contributed by atoms with Crippen LogP contribution in [-0.4, -0.2) is 38.9 Å². The largest absolute Gasteiger partial charge is 0.368 e. The second-order valence-corrected chi connectivity index (χ2v) is 6.53. The molecule has 0 saturated heterocycles. The van der Waals surface area contributed by atoms with Crippen molar-refractivity contribution in [3.8, 4) is 5.82 Å². The van der Waals surface area contributed by atoms with Crippen molar-refractivity contribution < 1.29 is 4.79 Å². The molecule has 0 bridgehead atoms. The molecule has 2 heterocycles. The summed E-state index contributed by atoms with van der Waals surface area (Å²) in [6.07, 6.45) is 3.33. The number of fused-ring (bicyclic) bond motifs is 1. The average molecular weight is 387 g/mol. The molecule has 0 atom stereocenters. The van der Waals surface area contributed by atoms with Crippen LogP contribution in [0.25, 0.3) is 16.6 Å². The van der Waals surface area contributed by atoms with E-state index in [0.29, 0.717) is 24.7 Å². The van der Waals surface area contributed by atoms with Crippen LogP contribution in [0.4, 0.5) is 16.3 Å². The molecule has 8 nitrogen and oxygen atoms in total. The standard InChI is InChI=1S/C21H21N7O/c1-15-8-11-28(27-15)20-13-19(24-14-25-20)22-9-10-23-21(29)26-18-7-6-16-4-2-3-5-17(16)12-18/h2-8,11-14H,9-10H2,1H3,(H,22,24,25)(H2,23,26,29). The summed E-state index contributed by atoms with van der Waals surface area (Å²) in [5, 5.41) is 15.4. The summed E-state index contributed by atoms with van der Waals surface area (Å²) < 4.78 is 1.69. The molecule has 4 rings (SSSR count). The molecule has 0 aliphatic heterocycles. The second kappa shape index (κ2) is 8.39. The molecule has 4 aromatic rings. The number of anilines is 2. The van der Waals surface area contributed by atoms with Crippen LogP contribution in [0.1, 0.15) is 5.69 Å². The van der Waals surface area contributed by atoms with Crippen LogP contribution in [0, 0.1) is 6.92 Å². The smallest absolute Gasteiger partial charge is 0.319 e. The van der Waals surface area contributed by atoms with E-state index >= 15 is 0 Å². The minimum absolute atomic E-state index is 0.252. The van der Waals surface area contributed by atoms with Gasteiger partial charge in [0.15, 0.2) is 5.82 Å². The van der Waals surface area contributed by atoms with Gasteiger partial charge in [0, 0.05) is 31.0 Å². The lowest BCUT2D eigenvalue weighted by Crippen LogP contribution is -2.32. The zero-order valence-electron chi connectivity index (χ0n) is 16.0. The Kier molecular flexibility index (Phi) is 5.33. The number of hydrogen-bond acceptors (Lipinski definition) is 5. The first-order valence-corrected chi connectivity index (χ1v) is 9.29. The predicted octanol–water partition coefficient (Wildman–Crippen LogP) is 3.36. The number of carbonyl (C=O) groups is 1. The number of amides is 2. The summed E-state index contributed by atoms with van der Waals surface area (Å²) >= 11 is 0. The highest BCUT2D eigenvalue weighted by molar-refractivity contribution is 5.93. The average Bonchev–Trinajstić information content (AvgIpc) is 3.18. The van der Waals surface area contributed by atoms with Crippen molar-refractivity contribution >= 4 is 28.3 Å². The van der Waals surface area contributed by atoms with Crippen molar-refractivity contribution in [1.29, 1.82) is 0 Å². The van der Waals surface area contributed by atoms with Crippen LogP contribution in [0.15, 0.2) is 67.1 Å². The number of urea groups is 1. The van der Waals surface area contributed by atoms with Gasteiger partial charge in [-0.05, 0) is 35.9 Å². The lowest BCUT2D eigenvalue weighted by Gasteiger charge is -2.10. The van der Waals surface area contributed by atoms with E-state index in [1.807, 2.05) is 67.7 Å². The number of nitrogens with one attached hydrogen (secondary N) is 3. The van der Waals surface area contributed by atoms with E-state index < -0.39 is 0 Å². The maximum atomic E-state index is 12.1. The highest BCUT2D eigenvalue weighted by Gasteiger charge is 2.04. The molecule has 2 aromatic heterocycles. The number of nitrogens with zero attached hydrogens (tertiary/aromatic N) is 4. The van der Waals surface area contributed by atoms with Gasteiger partial charge in [0.25, 0.3) is 0 Å². The molecule has 0 aliphatic carbocycles. The van der Waals surface area contributed by atoms with E-state index in [1.165, 1.54) is 6.33 Å². The number of aryl methyl sites for hydroxylation is 1. The number of hydrogen-bond donors (Lipinski definition) is 3. The third-order valence-corrected chi connectivity index (χ3v) is 4.33. The van der Waals surface area contributed by atoms with Gasteiger partial charge in [-0.15, -0.1) is 0 Å². The number of rotatable bonds is 6. The van der Waals surface area contributed by atoms with Crippen molar-refractivity contribution in [1.82, 2.24) is 25.1 Å². The fourth-order valence-corrected chi connectivity index (χ4v) is 2.92. The molecule has 2 amide bonds. The minimum atomic E-state index is -0.252. The van der Waals surface area contributed by atoms with E-state index in [4.69, 9.17) is 0 Å². The Hall–Kier alpha value is -3.94. The van der Waals surface area contributed by atoms with E-state index in [9.17, 15) is 4.79 Å². The van der Waals surface area contributed by atoms with Gasteiger partial charge in [-0.1, -0.05) is 30.3 Å².